The molecular formula is C52H61ClN12O8. The largest absolute Gasteiger partial charge is 0.444 e. The maximum absolute atomic E-state index is 13.5. The molecule has 8 rings (SSSR count). The summed E-state index contributed by atoms with van der Waals surface area (Å²) in [5.41, 5.74) is 3.83. The summed E-state index contributed by atoms with van der Waals surface area (Å²) in [6, 6.07) is 15.8. The van der Waals surface area contributed by atoms with Gasteiger partial charge >= 0.3 is 12.1 Å². The lowest BCUT2D eigenvalue weighted by atomic mass is 9.90. The molecule has 4 aliphatic rings. The fourth-order valence-corrected chi connectivity index (χ4v) is 9.38. The number of ether oxygens (including phenoxy) is 2. The lowest BCUT2D eigenvalue weighted by Crippen LogP contribution is -2.54. The first-order valence-electron chi connectivity index (χ1n) is 24.6. The highest BCUT2D eigenvalue weighted by Gasteiger charge is 2.39. The number of piperidine rings is 1. The van der Waals surface area contributed by atoms with Crippen LogP contribution in [0.4, 0.5) is 38.4 Å². The number of nitrogens with one attached hydrogen (secondary N) is 5. The number of rotatable bonds is 14. The van der Waals surface area contributed by atoms with Crippen LogP contribution in [0.3, 0.4) is 0 Å². The van der Waals surface area contributed by atoms with Gasteiger partial charge in [-0.05, 0) is 113 Å². The molecule has 5 N–H and O–H groups in total. The molecule has 2 aromatic carbocycles. The first-order chi connectivity index (χ1) is 35.1. The average Bonchev–Trinajstić information content (AvgIpc) is 3.70. The van der Waals surface area contributed by atoms with Crippen LogP contribution in [0.5, 0.6) is 0 Å². The quantitative estimate of drug-likeness (QED) is 0.0557. The Morgan fingerprint density at radius 3 is 2.42 bits per heavy atom. The number of hydrogen-bond acceptors (Lipinski definition) is 14. The second kappa shape index (κ2) is 23.4. The summed E-state index contributed by atoms with van der Waals surface area (Å²) in [6.07, 6.45) is 6.43. The zero-order valence-corrected chi connectivity index (χ0v) is 42.2. The maximum Gasteiger partial charge on any atom is 0.410 e. The molecule has 73 heavy (non-hydrogen) atoms. The maximum atomic E-state index is 13.5. The van der Waals surface area contributed by atoms with E-state index in [2.05, 4.69) is 58.3 Å². The van der Waals surface area contributed by atoms with Crippen LogP contribution in [0.1, 0.15) is 97.7 Å². The Morgan fingerprint density at radius 1 is 0.932 bits per heavy atom. The van der Waals surface area contributed by atoms with Crippen molar-refractivity contribution in [2.45, 2.75) is 96.0 Å². The third kappa shape index (κ3) is 13.3. The van der Waals surface area contributed by atoms with Gasteiger partial charge in [0.2, 0.25) is 17.8 Å². The van der Waals surface area contributed by atoms with Crippen molar-refractivity contribution in [2.75, 3.05) is 68.5 Å². The van der Waals surface area contributed by atoms with E-state index in [4.69, 9.17) is 21.1 Å². The zero-order valence-electron chi connectivity index (χ0n) is 41.5. The molecule has 7 amide bonds. The van der Waals surface area contributed by atoms with Crippen LogP contribution >= 0.6 is 11.6 Å². The number of fused-ring (bicyclic) bond motifs is 1. The van der Waals surface area contributed by atoms with Crippen LogP contribution < -0.4 is 31.5 Å². The number of nitrogens with zero attached hydrogens (tertiary/aromatic N) is 7. The van der Waals surface area contributed by atoms with Crippen molar-refractivity contribution in [3.8, 4) is 11.8 Å². The van der Waals surface area contributed by atoms with Crippen LogP contribution in [-0.2, 0) is 25.6 Å². The van der Waals surface area contributed by atoms with Gasteiger partial charge < -0.3 is 50.3 Å². The Morgan fingerprint density at radius 2 is 1.70 bits per heavy atom. The fraction of sp³-hybridized carbons (Fsp3) is 0.442. The number of pyridine rings is 1. The monoisotopic (exact) mass is 1020 g/mol. The summed E-state index contributed by atoms with van der Waals surface area (Å²) < 4.78 is 11.8. The van der Waals surface area contributed by atoms with Crippen LogP contribution in [-0.4, -0.2) is 142 Å². The number of aromatic nitrogens is 3. The van der Waals surface area contributed by atoms with E-state index in [1.54, 1.807) is 29.2 Å². The first-order valence-corrected chi connectivity index (χ1v) is 25.0. The van der Waals surface area contributed by atoms with Crippen molar-refractivity contribution >= 4 is 76.2 Å². The van der Waals surface area contributed by atoms with Gasteiger partial charge in [-0.25, -0.2) is 19.6 Å². The molecule has 2 saturated heterocycles. The molecule has 21 heteroatoms. The van der Waals surface area contributed by atoms with Gasteiger partial charge in [-0.3, -0.25) is 24.5 Å². The fourth-order valence-electron chi connectivity index (χ4n) is 9.25. The summed E-state index contributed by atoms with van der Waals surface area (Å²) in [4.78, 5) is 96.7. The highest BCUT2D eigenvalue weighted by Crippen LogP contribution is 2.30. The average molecular weight is 1020 g/mol. The van der Waals surface area contributed by atoms with Crippen molar-refractivity contribution in [3.63, 3.8) is 0 Å². The molecule has 5 heterocycles. The minimum absolute atomic E-state index is 0.0144. The Balaban J connectivity index is 0.753. The van der Waals surface area contributed by atoms with E-state index >= 15 is 0 Å². The number of hydrogen-bond donors (Lipinski definition) is 5. The lowest BCUT2D eigenvalue weighted by Gasteiger charge is -2.39. The topological polar surface area (TPSA) is 233 Å². The minimum atomic E-state index is -0.670. The summed E-state index contributed by atoms with van der Waals surface area (Å²) in [5.74, 6) is 5.54. The van der Waals surface area contributed by atoms with Gasteiger partial charge in [-0.1, -0.05) is 23.4 Å². The first kappa shape index (κ1) is 51.8. The summed E-state index contributed by atoms with van der Waals surface area (Å²) >= 11 is 6.40. The van der Waals surface area contributed by atoms with Crippen LogP contribution in [0.25, 0.3) is 0 Å². The van der Waals surface area contributed by atoms with E-state index in [1.807, 2.05) is 56.0 Å². The highest BCUT2D eigenvalue weighted by atomic mass is 35.5. The standard InChI is InChI=1S/C52H61ClN12O8/c1-52(2,3)73-51(71)64(27-29-72-28-6-5-8-33-10-19-39-34(30-33)32-65(48(39)69)42-20-21-43(66)60-46(42)67)38-17-13-36(14-18-38)58-50(70)63-25-23-62(24-26-63)37-15-11-35(12-16-37)57-49-56-31-40(53)45(61-49)59-41-9-7-22-55-44(41)47(68)54-4/h7,9-12,15-16,19,22,30-31,36,38,42H,6,13-14,17-18,20-21,23-29,32H2,1-4H3,(H,54,68)(H,58,70)(H,60,66,67)(H2,56,57,59,61). The van der Waals surface area contributed by atoms with Crippen LogP contribution in [0, 0.1) is 11.8 Å². The van der Waals surface area contributed by atoms with Gasteiger partial charge in [-0.2, -0.15) is 4.98 Å². The molecule has 0 bridgehead atoms. The van der Waals surface area contributed by atoms with E-state index in [1.165, 1.54) is 24.3 Å². The second-order valence-electron chi connectivity index (χ2n) is 19.2. The number of halogens is 1. The SMILES string of the molecule is CNC(=O)c1ncccc1Nc1nc(Nc2ccc(N3CCN(C(=O)NC4CCC(N(CCOCCC#Cc5ccc6c(c5)CN(C5CCC(=O)NC5=O)C6=O)C(=O)OC(C)(C)C)CC4)CC3)cc2)ncc1Cl. The van der Waals surface area contributed by atoms with Crippen molar-refractivity contribution in [3.05, 3.63) is 94.4 Å². The zero-order chi connectivity index (χ0) is 51.6. The molecule has 2 aromatic heterocycles. The van der Waals surface area contributed by atoms with E-state index < -0.39 is 23.6 Å². The molecule has 1 saturated carbocycles. The summed E-state index contributed by atoms with van der Waals surface area (Å²) in [5, 5.41) is 14.7. The van der Waals surface area contributed by atoms with Gasteiger partial charge in [0.1, 0.15) is 16.7 Å². The molecule has 3 fully saturated rings. The normalized spacial score (nSPS) is 18.7. The molecule has 0 spiro atoms. The van der Waals surface area contributed by atoms with Gasteiger partial charge in [0.25, 0.3) is 11.8 Å². The van der Waals surface area contributed by atoms with E-state index in [0.717, 1.165) is 35.3 Å². The lowest BCUT2D eigenvalue weighted by molar-refractivity contribution is -0.136. The van der Waals surface area contributed by atoms with Crippen molar-refractivity contribution in [1.29, 1.82) is 0 Å². The third-order valence-corrected chi connectivity index (χ3v) is 13.3. The number of carbonyl (C=O) groups excluding carboxylic acids is 6. The molecule has 20 nitrogen and oxygen atoms in total. The van der Waals surface area contributed by atoms with E-state index in [-0.39, 0.29) is 59.5 Å². The Bertz CT molecular complexity index is 2760. The minimum Gasteiger partial charge on any atom is -0.444 e. The Labute approximate surface area is 429 Å². The summed E-state index contributed by atoms with van der Waals surface area (Å²) in [7, 11) is 1.53. The number of carbonyl (C=O) groups is 6. The number of benzene rings is 2. The van der Waals surface area contributed by atoms with E-state index in [0.29, 0.717) is 94.6 Å². The molecule has 1 unspecified atom stereocenters. The van der Waals surface area contributed by atoms with E-state index in [9.17, 15) is 28.8 Å². The molecule has 1 aliphatic carbocycles. The van der Waals surface area contributed by atoms with Crippen molar-refractivity contribution in [2.24, 2.45) is 0 Å². The number of imide groups is 1. The third-order valence-electron chi connectivity index (χ3n) is 13.0. The highest BCUT2D eigenvalue weighted by molar-refractivity contribution is 6.33. The molecular weight excluding hydrogens is 956 g/mol. The van der Waals surface area contributed by atoms with Crippen LogP contribution in [0.15, 0.2) is 67.0 Å². The smallest absolute Gasteiger partial charge is 0.410 e. The number of amides is 7. The molecule has 384 valence electrons. The number of urea groups is 1. The molecule has 1 atom stereocenters. The van der Waals surface area contributed by atoms with Crippen molar-refractivity contribution in [1.82, 2.24) is 45.6 Å². The van der Waals surface area contributed by atoms with Gasteiger partial charge in [0.05, 0.1) is 25.1 Å². The Kier molecular flexibility index (Phi) is 16.6. The predicted molar refractivity (Wildman–Crippen MR) is 274 cm³/mol. The summed E-state index contributed by atoms with van der Waals surface area (Å²) in [6.45, 7) is 9.30. The predicted octanol–water partition coefficient (Wildman–Crippen LogP) is 5.97. The van der Waals surface area contributed by atoms with Crippen molar-refractivity contribution < 1.29 is 38.2 Å². The molecule has 0 radical (unpaired) electrons. The number of piperazine rings is 1. The molecule has 4 aromatic rings. The molecule has 3 aliphatic heterocycles. The second-order valence-corrected chi connectivity index (χ2v) is 19.6. The number of anilines is 5. The Hall–Kier alpha value is -7.50. The van der Waals surface area contributed by atoms with Crippen LogP contribution in [0.2, 0.25) is 5.02 Å². The van der Waals surface area contributed by atoms with Gasteiger partial charge in [0, 0.05) is 99.9 Å². The van der Waals surface area contributed by atoms with Gasteiger partial charge in [0.15, 0.2) is 11.5 Å². The van der Waals surface area contributed by atoms with Gasteiger partial charge in [-0.15, -0.1) is 0 Å².